The van der Waals surface area contributed by atoms with Crippen molar-refractivity contribution in [1.29, 1.82) is 5.26 Å². The van der Waals surface area contributed by atoms with Gasteiger partial charge in [-0.15, -0.1) is 11.3 Å². The number of halogens is 3. The van der Waals surface area contributed by atoms with Crippen LogP contribution in [0.4, 0.5) is 33.6 Å². The Kier molecular flexibility index (Phi) is 10.3. The smallest absolute Gasteiger partial charge is 0.412 e. The number of carbonyl (C=O) groups excluding carboxylic acids is 2. The third-order valence-corrected chi connectivity index (χ3v) is 13.3. The van der Waals surface area contributed by atoms with E-state index in [0.29, 0.717) is 42.0 Å². The molecule has 4 fully saturated rings. The van der Waals surface area contributed by atoms with E-state index in [9.17, 15) is 19.2 Å². The maximum absolute atomic E-state index is 17.9. The minimum absolute atomic E-state index is 0.00135. The number of thiophene rings is 1. The van der Waals surface area contributed by atoms with Gasteiger partial charge in [0.15, 0.2) is 11.6 Å². The molecule has 324 valence electrons. The van der Waals surface area contributed by atoms with Crippen LogP contribution in [-0.2, 0) is 27.4 Å². The Bertz CT molecular complexity index is 2480. The van der Waals surface area contributed by atoms with E-state index in [2.05, 4.69) is 26.2 Å². The number of nitrogens with zero attached hydrogens (tertiary/aromatic N) is 7. The molecule has 3 atom stereocenters. The summed E-state index contributed by atoms with van der Waals surface area (Å²) in [4.78, 5) is 46.3. The van der Waals surface area contributed by atoms with Crippen molar-refractivity contribution >= 4 is 55.3 Å². The molecule has 1 saturated carbocycles. The quantitative estimate of drug-likeness (QED) is 0.172. The number of nitrogens with one attached hydrogen (secondary N) is 1. The summed E-state index contributed by atoms with van der Waals surface area (Å²) >= 11 is 0.827. The van der Waals surface area contributed by atoms with Crippen molar-refractivity contribution in [2.75, 3.05) is 49.7 Å². The molecule has 1 aromatic carbocycles. The number of rotatable bonds is 9. The van der Waals surface area contributed by atoms with Gasteiger partial charge in [0.1, 0.15) is 40.3 Å². The van der Waals surface area contributed by atoms with Crippen LogP contribution in [0.5, 0.6) is 6.01 Å². The normalized spacial score (nSPS) is 21.9. The van der Waals surface area contributed by atoms with Crippen LogP contribution in [-0.4, -0.2) is 106 Å². The Morgan fingerprint density at radius 3 is 2.34 bits per heavy atom. The van der Waals surface area contributed by atoms with Gasteiger partial charge in [-0.1, -0.05) is 0 Å². The highest BCUT2D eigenvalue weighted by Crippen LogP contribution is 2.50. The van der Waals surface area contributed by atoms with Gasteiger partial charge in [-0.2, -0.15) is 15.2 Å². The lowest BCUT2D eigenvalue weighted by molar-refractivity contribution is 0.0209. The number of aromatic nitrogens is 3. The minimum atomic E-state index is -0.846. The number of ether oxygens (including phenoxy) is 4. The molecule has 0 spiro atoms. The average molecular weight is 863 g/mol. The van der Waals surface area contributed by atoms with Gasteiger partial charge < -0.3 is 28.7 Å². The SMILES string of the molecule is CC(C)(C)OC(=O)Nc1sc2c(F)cnc(-c3c4c(c5c(N6C7CCC6CN(C(=O)OC(C)(C)C)C7)nc(OCC6(CN7CC[C@H]7CF)CC6)nc5c3F)COC4)c2c1C#N. The van der Waals surface area contributed by atoms with Gasteiger partial charge in [0.25, 0.3) is 0 Å². The molecule has 2 unspecified atom stereocenters. The van der Waals surface area contributed by atoms with Crippen molar-refractivity contribution in [1.82, 2.24) is 24.8 Å². The fourth-order valence-corrected chi connectivity index (χ4v) is 10.2. The summed E-state index contributed by atoms with van der Waals surface area (Å²) < 4.78 is 70.7. The lowest BCUT2D eigenvalue weighted by atomic mass is 9.93. The monoisotopic (exact) mass is 862 g/mol. The lowest BCUT2D eigenvalue weighted by Gasteiger charge is -2.42. The molecule has 5 aliphatic rings. The van der Waals surface area contributed by atoms with E-state index in [-0.39, 0.29) is 86.8 Å². The summed E-state index contributed by atoms with van der Waals surface area (Å²) in [7, 11) is 0. The van der Waals surface area contributed by atoms with Gasteiger partial charge in [0, 0.05) is 60.7 Å². The number of amides is 2. The van der Waals surface area contributed by atoms with E-state index in [0.717, 1.165) is 56.2 Å². The summed E-state index contributed by atoms with van der Waals surface area (Å²) in [5.41, 5.74) is -0.822. The molecule has 7 heterocycles. The predicted molar refractivity (Wildman–Crippen MR) is 221 cm³/mol. The first-order chi connectivity index (χ1) is 29.0. The molecule has 14 nitrogen and oxygen atoms in total. The number of alkyl halides is 1. The Morgan fingerprint density at radius 1 is 1.02 bits per heavy atom. The topological polar surface area (TPSA) is 155 Å². The zero-order chi connectivity index (χ0) is 43.2. The Morgan fingerprint density at radius 2 is 1.72 bits per heavy atom. The number of anilines is 2. The number of benzene rings is 1. The first-order valence-corrected chi connectivity index (χ1v) is 21.6. The zero-order valence-corrected chi connectivity index (χ0v) is 35.9. The molecule has 3 aromatic heterocycles. The molecule has 1 aliphatic carbocycles. The number of nitriles is 1. The van der Waals surface area contributed by atoms with Gasteiger partial charge in [0.2, 0.25) is 0 Å². The summed E-state index contributed by atoms with van der Waals surface area (Å²) in [5, 5.41) is 13.5. The van der Waals surface area contributed by atoms with Crippen LogP contribution in [0.15, 0.2) is 6.20 Å². The summed E-state index contributed by atoms with van der Waals surface area (Å²) in [6.07, 6.45) is 3.85. The molecule has 4 aromatic rings. The number of hydrogen-bond donors (Lipinski definition) is 1. The van der Waals surface area contributed by atoms with Crippen LogP contribution in [0.25, 0.3) is 32.2 Å². The number of carbonyl (C=O) groups is 2. The van der Waals surface area contributed by atoms with Gasteiger partial charge in [-0.25, -0.2) is 22.8 Å². The minimum Gasteiger partial charge on any atom is -0.463 e. The highest BCUT2D eigenvalue weighted by molar-refractivity contribution is 7.23. The van der Waals surface area contributed by atoms with E-state index in [1.807, 2.05) is 20.8 Å². The predicted octanol–water partition coefficient (Wildman–Crippen LogP) is 8.22. The standard InChI is InChI=1S/C43H49F3N8O6S/c1-41(2,3)59-39(55)51-37-25(14-47)30-33(48-15-28(45)35(30)61-37)29-26-18-57-19-27(26)31-34(32(29)46)49-38(58-21-43(10-11-43)20-52-12-9-22(52)13-44)50-36(31)54-23-7-8-24(54)17-53(16-23)40(56)60-42(4,5)6/h15,22-24H,7-13,16-21H2,1-6H3,(H,51,55)/t22-,23?,24?/m0/s1. The second-order valence-electron chi connectivity index (χ2n) is 18.9. The van der Waals surface area contributed by atoms with E-state index >= 15 is 8.78 Å². The molecule has 4 aliphatic heterocycles. The number of pyridine rings is 1. The Hall–Kier alpha value is -4.99. The maximum Gasteiger partial charge on any atom is 0.412 e. The molecule has 1 N–H and O–H groups in total. The molecule has 0 radical (unpaired) electrons. The molecule has 18 heteroatoms. The van der Waals surface area contributed by atoms with Crippen molar-refractivity contribution in [2.45, 2.75) is 116 Å². The number of likely N-dealkylation sites (tertiary alicyclic amines) is 2. The first kappa shape index (κ1) is 41.4. The van der Waals surface area contributed by atoms with Crippen LogP contribution < -0.4 is 15.0 Å². The average Bonchev–Trinajstić information content (AvgIpc) is 3.45. The highest BCUT2D eigenvalue weighted by Gasteiger charge is 2.48. The van der Waals surface area contributed by atoms with E-state index in [1.54, 1.807) is 25.7 Å². The van der Waals surface area contributed by atoms with Gasteiger partial charge in [-0.3, -0.25) is 15.2 Å². The van der Waals surface area contributed by atoms with Gasteiger partial charge >= 0.3 is 18.2 Å². The van der Waals surface area contributed by atoms with Crippen LogP contribution >= 0.6 is 11.3 Å². The van der Waals surface area contributed by atoms with Gasteiger partial charge in [0.05, 0.1) is 47.4 Å². The van der Waals surface area contributed by atoms with Crippen molar-refractivity contribution in [3.8, 4) is 23.3 Å². The third kappa shape index (κ3) is 7.67. The van der Waals surface area contributed by atoms with Crippen molar-refractivity contribution < 1.29 is 41.7 Å². The van der Waals surface area contributed by atoms with Crippen molar-refractivity contribution in [3.63, 3.8) is 0 Å². The van der Waals surface area contributed by atoms with E-state index in [1.165, 1.54) is 0 Å². The summed E-state index contributed by atoms with van der Waals surface area (Å²) in [5.74, 6) is -1.07. The molecular weight excluding hydrogens is 814 g/mol. The Balaban J connectivity index is 1.17. The molecule has 61 heavy (non-hydrogen) atoms. The number of fused-ring (bicyclic) bond motifs is 6. The third-order valence-electron chi connectivity index (χ3n) is 12.2. The van der Waals surface area contributed by atoms with E-state index in [4.69, 9.17) is 28.9 Å². The van der Waals surface area contributed by atoms with Crippen LogP contribution in [0.2, 0.25) is 0 Å². The Labute approximate surface area is 355 Å². The summed E-state index contributed by atoms with van der Waals surface area (Å²) in [6, 6.07) is 1.61. The molecule has 3 saturated heterocycles. The largest absolute Gasteiger partial charge is 0.463 e. The second kappa shape index (κ2) is 15.1. The number of piperazine rings is 1. The van der Waals surface area contributed by atoms with Crippen LogP contribution in [0.1, 0.15) is 90.3 Å². The van der Waals surface area contributed by atoms with Crippen molar-refractivity contribution in [3.05, 3.63) is 34.5 Å². The fourth-order valence-electron chi connectivity index (χ4n) is 9.12. The molecule has 2 amide bonds. The van der Waals surface area contributed by atoms with Crippen LogP contribution in [0.3, 0.4) is 0 Å². The van der Waals surface area contributed by atoms with E-state index < -0.39 is 41.7 Å². The second-order valence-corrected chi connectivity index (χ2v) is 20.0. The van der Waals surface area contributed by atoms with Crippen LogP contribution in [0, 0.1) is 28.4 Å². The highest BCUT2D eigenvalue weighted by atomic mass is 32.1. The van der Waals surface area contributed by atoms with Gasteiger partial charge in [-0.05, 0) is 84.8 Å². The molecular formula is C43H49F3N8O6S. The molecule has 2 bridgehead atoms. The first-order valence-electron chi connectivity index (χ1n) is 20.8. The molecule has 9 rings (SSSR count). The number of hydrogen-bond acceptors (Lipinski definition) is 13. The lowest BCUT2D eigenvalue weighted by Crippen LogP contribution is -2.56. The summed E-state index contributed by atoms with van der Waals surface area (Å²) in [6.45, 7) is 12.7. The fraction of sp³-hybridized carbons (Fsp3) is 0.581. The maximum atomic E-state index is 17.9. The zero-order valence-electron chi connectivity index (χ0n) is 35.1. The van der Waals surface area contributed by atoms with Crippen molar-refractivity contribution in [2.24, 2.45) is 5.41 Å².